The van der Waals surface area contributed by atoms with Crippen LogP contribution in [0.1, 0.15) is 11.1 Å². The number of benzene rings is 1. The quantitative estimate of drug-likeness (QED) is 0.774. The molecule has 0 atom stereocenters. The van der Waals surface area contributed by atoms with Gasteiger partial charge in [-0.1, -0.05) is 12.1 Å². The lowest BCUT2D eigenvalue weighted by Crippen LogP contribution is -2.08. The Balaban J connectivity index is 1.91. The smallest absolute Gasteiger partial charge is 0.416 e. The zero-order valence-electron chi connectivity index (χ0n) is 12.4. The maximum atomic E-state index is 12.6. The minimum Gasteiger partial charge on any atom is -0.489 e. The molecule has 2 rings (SSSR count). The zero-order chi connectivity index (χ0) is 16.7. The van der Waals surface area contributed by atoms with E-state index in [1.165, 1.54) is 18.5 Å². The summed E-state index contributed by atoms with van der Waals surface area (Å²) in [7, 11) is 0. The predicted molar refractivity (Wildman–Crippen MR) is 84.7 cm³/mol. The number of hydrogen-bond donors (Lipinski definition) is 1. The molecular weight excluding hydrogens is 327 g/mol. The fourth-order valence-electron chi connectivity index (χ4n) is 1.76. The highest BCUT2D eigenvalue weighted by Gasteiger charge is 2.30. The second-order valence-electron chi connectivity index (χ2n) is 4.64. The predicted octanol–water partition coefficient (Wildman–Crippen LogP) is 3.85. The van der Waals surface area contributed by atoms with Gasteiger partial charge in [0.05, 0.1) is 24.6 Å². The van der Waals surface area contributed by atoms with Crippen LogP contribution in [0.5, 0.6) is 5.75 Å². The molecule has 1 aromatic heterocycles. The maximum absolute atomic E-state index is 12.6. The van der Waals surface area contributed by atoms with E-state index in [1.807, 2.05) is 6.26 Å². The van der Waals surface area contributed by atoms with E-state index in [1.54, 1.807) is 17.8 Å². The van der Waals surface area contributed by atoms with Crippen molar-refractivity contribution in [3.8, 4) is 5.75 Å². The number of alkyl halides is 3. The van der Waals surface area contributed by atoms with Crippen LogP contribution in [0.3, 0.4) is 0 Å². The van der Waals surface area contributed by atoms with Gasteiger partial charge in [0.1, 0.15) is 0 Å². The summed E-state index contributed by atoms with van der Waals surface area (Å²) in [6, 6.07) is 5.14. The molecule has 0 aliphatic carbocycles. The number of hydrogen-bond acceptors (Lipinski definition) is 5. The molecule has 0 saturated carbocycles. The topological polar surface area (TPSA) is 47.0 Å². The van der Waals surface area contributed by atoms with Crippen molar-refractivity contribution in [2.24, 2.45) is 0 Å². The van der Waals surface area contributed by atoms with Crippen LogP contribution in [0, 0.1) is 0 Å². The van der Waals surface area contributed by atoms with Crippen LogP contribution in [0.2, 0.25) is 0 Å². The van der Waals surface area contributed by atoms with Gasteiger partial charge in [-0.2, -0.15) is 24.9 Å². The fourth-order valence-corrected chi connectivity index (χ4v) is 2.01. The zero-order valence-corrected chi connectivity index (χ0v) is 13.2. The van der Waals surface area contributed by atoms with Gasteiger partial charge in [0.25, 0.3) is 0 Å². The molecule has 0 radical (unpaired) electrons. The molecule has 0 fully saturated rings. The second-order valence-corrected chi connectivity index (χ2v) is 5.62. The van der Waals surface area contributed by atoms with Crippen LogP contribution in [0.25, 0.3) is 0 Å². The number of halogens is 3. The Morgan fingerprint density at radius 1 is 1.22 bits per heavy atom. The van der Waals surface area contributed by atoms with Gasteiger partial charge < -0.3 is 10.1 Å². The molecule has 1 N–H and O–H groups in total. The van der Waals surface area contributed by atoms with Crippen molar-refractivity contribution < 1.29 is 17.9 Å². The van der Waals surface area contributed by atoms with Gasteiger partial charge in [-0.3, -0.25) is 0 Å². The van der Waals surface area contributed by atoms with Crippen LogP contribution in [0.15, 0.2) is 36.7 Å². The van der Waals surface area contributed by atoms with Crippen LogP contribution >= 0.6 is 11.8 Å². The second kappa shape index (κ2) is 8.05. The highest BCUT2D eigenvalue weighted by atomic mass is 32.2. The summed E-state index contributed by atoms with van der Waals surface area (Å²) >= 11 is 1.67. The van der Waals surface area contributed by atoms with E-state index in [0.717, 1.165) is 17.9 Å². The molecule has 4 nitrogen and oxygen atoms in total. The molecule has 1 aromatic carbocycles. The summed E-state index contributed by atoms with van der Waals surface area (Å²) < 4.78 is 43.3. The Labute approximate surface area is 136 Å². The molecule has 124 valence electrons. The molecule has 23 heavy (non-hydrogen) atoms. The van der Waals surface area contributed by atoms with Crippen LogP contribution in [-0.2, 0) is 12.7 Å². The molecule has 2 aromatic rings. The monoisotopic (exact) mass is 343 g/mol. The molecule has 0 saturated heterocycles. The SMILES string of the molecule is CSCCOc1cnc(NCc2cccc(C(F)(F)F)c2)nc1. The highest BCUT2D eigenvalue weighted by molar-refractivity contribution is 7.98. The lowest BCUT2D eigenvalue weighted by molar-refractivity contribution is -0.137. The molecule has 0 bridgehead atoms. The van der Waals surface area contributed by atoms with Crippen molar-refractivity contribution in [2.75, 3.05) is 23.9 Å². The molecule has 0 aliphatic rings. The normalized spacial score (nSPS) is 11.3. The van der Waals surface area contributed by atoms with E-state index < -0.39 is 11.7 Å². The number of ether oxygens (including phenoxy) is 1. The van der Waals surface area contributed by atoms with E-state index >= 15 is 0 Å². The van der Waals surface area contributed by atoms with E-state index in [4.69, 9.17) is 4.74 Å². The van der Waals surface area contributed by atoms with Crippen LogP contribution in [0.4, 0.5) is 19.1 Å². The number of nitrogens with one attached hydrogen (secondary N) is 1. The van der Waals surface area contributed by atoms with Gasteiger partial charge in [0.15, 0.2) is 5.75 Å². The van der Waals surface area contributed by atoms with Crippen molar-refractivity contribution in [1.82, 2.24) is 9.97 Å². The standard InChI is InChI=1S/C15H16F3N3OS/c1-23-6-5-22-13-9-20-14(21-10-13)19-8-11-3-2-4-12(7-11)15(16,17)18/h2-4,7,9-10H,5-6,8H2,1H3,(H,19,20,21). The summed E-state index contributed by atoms with van der Waals surface area (Å²) in [5.41, 5.74) is -0.168. The lowest BCUT2D eigenvalue weighted by Gasteiger charge is -2.10. The first kappa shape index (κ1) is 17.4. The van der Waals surface area contributed by atoms with Crippen molar-refractivity contribution in [3.63, 3.8) is 0 Å². The molecule has 0 aliphatic heterocycles. The summed E-state index contributed by atoms with van der Waals surface area (Å²) in [6.45, 7) is 0.776. The van der Waals surface area contributed by atoms with E-state index in [-0.39, 0.29) is 6.54 Å². The van der Waals surface area contributed by atoms with Crippen LogP contribution in [-0.4, -0.2) is 28.6 Å². The molecule has 1 heterocycles. The van der Waals surface area contributed by atoms with E-state index in [0.29, 0.717) is 23.9 Å². The number of thioether (sulfide) groups is 1. The molecule has 0 unspecified atom stereocenters. The number of nitrogens with zero attached hydrogens (tertiary/aromatic N) is 2. The third-order valence-electron chi connectivity index (χ3n) is 2.89. The molecule has 0 amide bonds. The third kappa shape index (κ3) is 5.63. The van der Waals surface area contributed by atoms with Crippen molar-refractivity contribution in [2.45, 2.75) is 12.7 Å². The first-order chi connectivity index (χ1) is 11.0. The molecule has 0 spiro atoms. The fraction of sp³-hybridized carbons (Fsp3) is 0.333. The number of anilines is 1. The van der Waals surface area contributed by atoms with Crippen molar-refractivity contribution in [3.05, 3.63) is 47.8 Å². The van der Waals surface area contributed by atoms with Crippen LogP contribution < -0.4 is 10.1 Å². The summed E-state index contributed by atoms with van der Waals surface area (Å²) in [5.74, 6) is 1.76. The van der Waals surface area contributed by atoms with Gasteiger partial charge in [-0.25, -0.2) is 9.97 Å². The Morgan fingerprint density at radius 3 is 2.61 bits per heavy atom. The Hall–Kier alpha value is -1.96. The Kier molecular flexibility index (Phi) is 6.09. The van der Waals surface area contributed by atoms with E-state index in [9.17, 15) is 13.2 Å². The Morgan fingerprint density at radius 2 is 1.96 bits per heavy atom. The van der Waals surface area contributed by atoms with Crippen molar-refractivity contribution in [1.29, 1.82) is 0 Å². The van der Waals surface area contributed by atoms with Gasteiger partial charge in [0.2, 0.25) is 5.95 Å². The minimum atomic E-state index is -4.34. The van der Waals surface area contributed by atoms with Gasteiger partial charge in [0, 0.05) is 12.3 Å². The molecular formula is C15H16F3N3OS. The third-order valence-corrected chi connectivity index (χ3v) is 3.46. The first-order valence-corrected chi connectivity index (χ1v) is 8.22. The van der Waals surface area contributed by atoms with Gasteiger partial charge in [-0.15, -0.1) is 0 Å². The largest absolute Gasteiger partial charge is 0.489 e. The highest BCUT2D eigenvalue weighted by Crippen LogP contribution is 2.29. The Bertz CT molecular complexity index is 620. The summed E-state index contributed by atoms with van der Waals surface area (Å²) in [5, 5.41) is 2.88. The average Bonchev–Trinajstić information content (AvgIpc) is 2.54. The summed E-state index contributed by atoms with van der Waals surface area (Å²) in [6.07, 6.45) is 0.701. The van der Waals surface area contributed by atoms with Gasteiger partial charge in [-0.05, 0) is 24.0 Å². The minimum absolute atomic E-state index is 0.205. The average molecular weight is 343 g/mol. The van der Waals surface area contributed by atoms with Crippen molar-refractivity contribution >= 4 is 17.7 Å². The summed E-state index contributed by atoms with van der Waals surface area (Å²) in [4.78, 5) is 8.13. The first-order valence-electron chi connectivity index (χ1n) is 6.83. The number of rotatable bonds is 7. The van der Waals surface area contributed by atoms with Gasteiger partial charge >= 0.3 is 6.18 Å². The number of aromatic nitrogens is 2. The lowest BCUT2D eigenvalue weighted by atomic mass is 10.1. The van der Waals surface area contributed by atoms with E-state index in [2.05, 4.69) is 15.3 Å². The maximum Gasteiger partial charge on any atom is 0.416 e. The molecule has 8 heteroatoms.